The van der Waals surface area contributed by atoms with Crippen LogP contribution in [0.2, 0.25) is 0 Å². The Balaban J connectivity index is 2.04. The average Bonchev–Trinajstić information content (AvgIpc) is 2.94. The van der Waals surface area contributed by atoms with Crippen LogP contribution in [0.15, 0.2) is 24.5 Å². The number of likely N-dealkylation sites (tertiary alicyclic amines) is 1. The van der Waals surface area contributed by atoms with Crippen molar-refractivity contribution in [2.24, 2.45) is 5.73 Å². The van der Waals surface area contributed by atoms with Crippen LogP contribution >= 0.6 is 11.8 Å². The number of hydrogen-bond acceptors (Lipinski definition) is 4. The molecule has 1 saturated heterocycles. The second kappa shape index (κ2) is 6.91. The Bertz CT molecular complexity index is 412. The van der Waals surface area contributed by atoms with Crippen LogP contribution in [0, 0.1) is 0 Å². The smallest absolute Gasteiger partial charge is 0.240 e. The number of nitrogens with two attached hydrogens (primary N) is 1. The van der Waals surface area contributed by atoms with Crippen molar-refractivity contribution in [1.82, 2.24) is 9.88 Å². The van der Waals surface area contributed by atoms with Crippen molar-refractivity contribution < 1.29 is 4.79 Å². The van der Waals surface area contributed by atoms with Gasteiger partial charge in [-0.1, -0.05) is 6.07 Å². The normalized spacial score (nSPS) is 20.5. The third kappa shape index (κ3) is 3.48. The highest BCUT2D eigenvalue weighted by Gasteiger charge is 2.32. The van der Waals surface area contributed by atoms with Crippen LogP contribution in [0.4, 0.5) is 0 Å². The molecule has 0 aliphatic carbocycles. The zero-order valence-corrected chi connectivity index (χ0v) is 12.1. The molecule has 0 aromatic carbocycles. The molecule has 1 aliphatic rings. The average molecular weight is 279 g/mol. The van der Waals surface area contributed by atoms with Gasteiger partial charge in [0, 0.05) is 18.9 Å². The minimum atomic E-state index is -0.371. The van der Waals surface area contributed by atoms with Crippen molar-refractivity contribution in [2.75, 3.05) is 18.6 Å². The van der Waals surface area contributed by atoms with E-state index in [0.29, 0.717) is 0 Å². The van der Waals surface area contributed by atoms with Gasteiger partial charge in [-0.15, -0.1) is 0 Å². The molecule has 1 aromatic rings. The summed E-state index contributed by atoms with van der Waals surface area (Å²) in [6, 6.07) is 3.74. The molecule has 0 bridgehead atoms. The Labute approximate surface area is 118 Å². The minimum Gasteiger partial charge on any atom is -0.334 e. The van der Waals surface area contributed by atoms with Crippen LogP contribution in [-0.2, 0) is 4.79 Å². The largest absolute Gasteiger partial charge is 0.334 e. The lowest BCUT2D eigenvalue weighted by Gasteiger charge is -2.27. The maximum atomic E-state index is 12.4. The molecule has 1 amide bonds. The van der Waals surface area contributed by atoms with E-state index in [1.807, 2.05) is 29.5 Å². The monoisotopic (exact) mass is 279 g/mol. The molecular formula is C14H21N3OS. The van der Waals surface area contributed by atoms with E-state index in [9.17, 15) is 4.79 Å². The van der Waals surface area contributed by atoms with Gasteiger partial charge in [-0.05, 0) is 42.9 Å². The van der Waals surface area contributed by atoms with Gasteiger partial charge in [0.25, 0.3) is 0 Å². The van der Waals surface area contributed by atoms with Crippen LogP contribution < -0.4 is 5.73 Å². The van der Waals surface area contributed by atoms with E-state index in [1.165, 1.54) is 0 Å². The Morgan fingerprint density at radius 1 is 1.68 bits per heavy atom. The number of thioether (sulfide) groups is 1. The van der Waals surface area contributed by atoms with Crippen molar-refractivity contribution >= 4 is 17.7 Å². The Morgan fingerprint density at radius 3 is 3.21 bits per heavy atom. The van der Waals surface area contributed by atoms with Crippen LogP contribution in [0.1, 0.15) is 30.9 Å². The summed E-state index contributed by atoms with van der Waals surface area (Å²) in [5.74, 6) is 1.01. The SMILES string of the molecule is CSCC[C@@H](N)C(=O)N1CCCC1c1cccnc1. The van der Waals surface area contributed by atoms with E-state index < -0.39 is 0 Å². The zero-order chi connectivity index (χ0) is 13.7. The number of carbonyl (C=O) groups excluding carboxylic acids is 1. The predicted molar refractivity (Wildman–Crippen MR) is 78.9 cm³/mol. The van der Waals surface area contributed by atoms with E-state index in [2.05, 4.69) is 4.98 Å². The Kier molecular flexibility index (Phi) is 5.22. The number of hydrogen-bond donors (Lipinski definition) is 1. The molecule has 2 heterocycles. The van der Waals surface area contributed by atoms with Gasteiger partial charge in [-0.3, -0.25) is 9.78 Å². The lowest BCUT2D eigenvalue weighted by Crippen LogP contribution is -2.43. The quantitative estimate of drug-likeness (QED) is 0.893. The summed E-state index contributed by atoms with van der Waals surface area (Å²) in [4.78, 5) is 18.5. The zero-order valence-electron chi connectivity index (χ0n) is 11.3. The summed E-state index contributed by atoms with van der Waals surface area (Å²) < 4.78 is 0. The van der Waals surface area contributed by atoms with E-state index in [-0.39, 0.29) is 18.0 Å². The molecule has 0 spiro atoms. The highest BCUT2D eigenvalue weighted by atomic mass is 32.2. The number of aromatic nitrogens is 1. The van der Waals surface area contributed by atoms with E-state index in [0.717, 1.165) is 37.1 Å². The number of pyridine rings is 1. The van der Waals surface area contributed by atoms with Crippen LogP contribution in [-0.4, -0.2) is 40.4 Å². The first kappa shape index (κ1) is 14.3. The van der Waals surface area contributed by atoms with Crippen molar-refractivity contribution in [1.29, 1.82) is 0 Å². The number of amides is 1. The van der Waals surface area contributed by atoms with Crippen LogP contribution in [0.25, 0.3) is 0 Å². The van der Waals surface area contributed by atoms with Gasteiger partial charge in [0.2, 0.25) is 5.91 Å². The van der Waals surface area contributed by atoms with Crippen molar-refractivity contribution in [3.05, 3.63) is 30.1 Å². The summed E-state index contributed by atoms with van der Waals surface area (Å²) in [5, 5.41) is 0. The first-order chi connectivity index (χ1) is 9.24. The molecule has 1 aliphatic heterocycles. The lowest BCUT2D eigenvalue weighted by molar-refractivity contribution is -0.133. The molecule has 1 aromatic heterocycles. The molecule has 0 radical (unpaired) electrons. The molecule has 5 heteroatoms. The van der Waals surface area contributed by atoms with Crippen molar-refractivity contribution in [2.45, 2.75) is 31.3 Å². The second-order valence-corrected chi connectivity index (χ2v) is 5.85. The fraction of sp³-hybridized carbons (Fsp3) is 0.571. The molecule has 2 rings (SSSR count). The first-order valence-electron chi connectivity index (χ1n) is 6.69. The second-order valence-electron chi connectivity index (χ2n) is 4.86. The van der Waals surface area contributed by atoms with Gasteiger partial charge in [-0.2, -0.15) is 11.8 Å². The topological polar surface area (TPSA) is 59.2 Å². The third-order valence-corrected chi connectivity index (χ3v) is 4.20. The van der Waals surface area contributed by atoms with Crippen LogP contribution in [0.3, 0.4) is 0 Å². The summed E-state index contributed by atoms with van der Waals surface area (Å²) in [6.45, 7) is 0.811. The standard InChI is InChI=1S/C14H21N3OS/c1-19-9-6-12(15)14(18)17-8-3-5-13(17)11-4-2-7-16-10-11/h2,4,7,10,12-13H,3,5-6,8-9,15H2,1H3/t12-,13?/m1/s1. The molecule has 1 fully saturated rings. The number of rotatable bonds is 5. The van der Waals surface area contributed by atoms with Gasteiger partial charge in [0.15, 0.2) is 0 Å². The van der Waals surface area contributed by atoms with Gasteiger partial charge in [0.05, 0.1) is 12.1 Å². The summed E-state index contributed by atoms with van der Waals surface area (Å²) in [5.41, 5.74) is 7.12. The van der Waals surface area contributed by atoms with Gasteiger partial charge in [-0.25, -0.2) is 0 Å². The highest BCUT2D eigenvalue weighted by Crippen LogP contribution is 2.31. The van der Waals surface area contributed by atoms with E-state index in [1.54, 1.807) is 18.0 Å². The maximum absolute atomic E-state index is 12.4. The number of nitrogens with zero attached hydrogens (tertiary/aromatic N) is 2. The summed E-state index contributed by atoms with van der Waals surface area (Å²) in [7, 11) is 0. The van der Waals surface area contributed by atoms with Crippen molar-refractivity contribution in [3.8, 4) is 0 Å². The molecule has 2 atom stereocenters. The molecule has 0 saturated carbocycles. The molecule has 4 nitrogen and oxygen atoms in total. The fourth-order valence-corrected chi connectivity index (χ4v) is 3.02. The molecule has 1 unspecified atom stereocenters. The molecular weight excluding hydrogens is 258 g/mol. The van der Waals surface area contributed by atoms with Crippen LogP contribution in [0.5, 0.6) is 0 Å². The summed E-state index contributed by atoms with van der Waals surface area (Å²) >= 11 is 1.73. The molecule has 104 valence electrons. The van der Waals surface area contributed by atoms with Gasteiger partial charge >= 0.3 is 0 Å². The molecule has 2 N–H and O–H groups in total. The summed E-state index contributed by atoms with van der Waals surface area (Å²) in [6.07, 6.45) is 8.44. The predicted octanol–water partition coefficient (Wildman–Crippen LogP) is 1.83. The fourth-order valence-electron chi connectivity index (χ4n) is 2.53. The van der Waals surface area contributed by atoms with Gasteiger partial charge in [0.1, 0.15) is 0 Å². The maximum Gasteiger partial charge on any atom is 0.240 e. The van der Waals surface area contributed by atoms with E-state index in [4.69, 9.17) is 5.73 Å². The third-order valence-electron chi connectivity index (χ3n) is 3.56. The van der Waals surface area contributed by atoms with Gasteiger partial charge < -0.3 is 10.6 Å². The first-order valence-corrected chi connectivity index (χ1v) is 8.08. The van der Waals surface area contributed by atoms with E-state index >= 15 is 0 Å². The lowest BCUT2D eigenvalue weighted by atomic mass is 10.1. The van der Waals surface area contributed by atoms with Crippen molar-refractivity contribution in [3.63, 3.8) is 0 Å². The minimum absolute atomic E-state index is 0.0837. The molecule has 19 heavy (non-hydrogen) atoms. The number of carbonyl (C=O) groups is 1. The Morgan fingerprint density at radius 2 is 2.53 bits per heavy atom. The Hall–Kier alpha value is -1.07. The highest BCUT2D eigenvalue weighted by molar-refractivity contribution is 7.98.